The number of nitriles is 1. The molecule has 9 heteroatoms. The number of benzene rings is 3. The largest absolute Gasteiger partial charge is 0.304 e. The number of anilines is 1. The Bertz CT molecular complexity index is 1340. The fraction of sp³-hybridized carbons (Fsp3) is 0. The lowest BCUT2D eigenvalue weighted by Gasteiger charge is -2.06. The van der Waals surface area contributed by atoms with E-state index < -0.39 is 34.7 Å². The highest BCUT2D eigenvalue weighted by Crippen LogP contribution is 2.28. The zero-order chi connectivity index (χ0) is 21.4. The Morgan fingerprint density at radius 2 is 1.63 bits per heavy atom. The summed E-state index contributed by atoms with van der Waals surface area (Å²) in [5.74, 6) is -8.73. The van der Waals surface area contributed by atoms with Crippen LogP contribution in [0.1, 0.15) is 15.9 Å². The molecule has 148 valence electrons. The summed E-state index contributed by atoms with van der Waals surface area (Å²) < 4.78 is 53.7. The van der Waals surface area contributed by atoms with E-state index in [-0.39, 0.29) is 11.9 Å². The molecule has 0 saturated heterocycles. The molecule has 0 aliphatic carbocycles. The van der Waals surface area contributed by atoms with Crippen LogP contribution in [-0.4, -0.2) is 16.1 Å². The van der Waals surface area contributed by atoms with Crippen LogP contribution in [0.25, 0.3) is 22.0 Å². The van der Waals surface area contributed by atoms with Gasteiger partial charge in [0.25, 0.3) is 5.91 Å². The number of hydrogen-bond acceptors (Lipinski definition) is 3. The number of halogens is 4. The third-order valence-electron chi connectivity index (χ3n) is 4.49. The maximum Gasteiger partial charge on any atom is 0.260 e. The molecule has 1 amide bonds. The average molecular weight is 410 g/mol. The number of rotatable bonds is 3. The van der Waals surface area contributed by atoms with Crippen molar-refractivity contribution in [3.63, 3.8) is 0 Å². The van der Waals surface area contributed by atoms with Crippen LogP contribution in [0.4, 0.5) is 23.4 Å². The number of nitrogens with one attached hydrogen (secondary N) is 2. The second-order valence-electron chi connectivity index (χ2n) is 6.32. The van der Waals surface area contributed by atoms with Crippen LogP contribution in [0.15, 0.2) is 48.5 Å². The zero-order valence-electron chi connectivity index (χ0n) is 14.9. The second-order valence-corrected chi connectivity index (χ2v) is 6.32. The van der Waals surface area contributed by atoms with E-state index >= 15 is 0 Å². The molecule has 0 aliphatic rings. The lowest BCUT2D eigenvalue weighted by molar-refractivity contribution is 0.102. The lowest BCUT2D eigenvalue weighted by atomic mass is 10.0. The number of amides is 1. The summed E-state index contributed by atoms with van der Waals surface area (Å²) in [4.78, 5) is 12.3. The molecule has 0 saturated carbocycles. The first-order valence-corrected chi connectivity index (χ1v) is 8.52. The lowest BCUT2D eigenvalue weighted by Crippen LogP contribution is -2.16. The molecule has 4 rings (SSSR count). The number of carbonyl (C=O) groups excluding carboxylic acids is 1. The highest BCUT2D eigenvalue weighted by Gasteiger charge is 2.24. The molecule has 0 fully saturated rings. The van der Waals surface area contributed by atoms with E-state index in [0.717, 1.165) is 11.1 Å². The molecule has 3 aromatic carbocycles. The van der Waals surface area contributed by atoms with Gasteiger partial charge in [0.2, 0.25) is 0 Å². The van der Waals surface area contributed by atoms with Crippen molar-refractivity contribution in [3.8, 4) is 17.2 Å². The Kier molecular flexibility index (Phi) is 4.68. The van der Waals surface area contributed by atoms with E-state index in [4.69, 9.17) is 5.26 Å². The molecule has 1 aromatic heterocycles. The summed E-state index contributed by atoms with van der Waals surface area (Å²) in [7, 11) is 0. The molecule has 0 aliphatic heterocycles. The van der Waals surface area contributed by atoms with Gasteiger partial charge in [-0.3, -0.25) is 9.89 Å². The Labute approximate surface area is 166 Å². The second kappa shape index (κ2) is 7.33. The number of aromatic nitrogens is 2. The zero-order valence-corrected chi connectivity index (χ0v) is 14.9. The minimum absolute atomic E-state index is 0.00548. The first-order chi connectivity index (χ1) is 14.4. The van der Waals surface area contributed by atoms with E-state index in [1.54, 1.807) is 42.5 Å². The monoisotopic (exact) mass is 410 g/mol. The average Bonchev–Trinajstić information content (AvgIpc) is 3.16. The first-order valence-electron chi connectivity index (χ1n) is 8.52. The number of H-pyrrole nitrogens is 1. The molecular weight excluding hydrogens is 400 g/mol. The van der Waals surface area contributed by atoms with E-state index in [1.807, 2.05) is 6.07 Å². The predicted molar refractivity (Wildman–Crippen MR) is 100 cm³/mol. The Balaban J connectivity index is 1.65. The highest BCUT2D eigenvalue weighted by atomic mass is 19.2. The van der Waals surface area contributed by atoms with Crippen molar-refractivity contribution in [2.24, 2.45) is 0 Å². The van der Waals surface area contributed by atoms with Crippen LogP contribution in [-0.2, 0) is 0 Å². The van der Waals surface area contributed by atoms with Crippen molar-refractivity contribution < 1.29 is 22.4 Å². The van der Waals surface area contributed by atoms with Gasteiger partial charge in [-0.25, -0.2) is 17.6 Å². The van der Waals surface area contributed by atoms with E-state index in [1.165, 1.54) is 0 Å². The van der Waals surface area contributed by atoms with Crippen LogP contribution in [0.3, 0.4) is 0 Å². The van der Waals surface area contributed by atoms with Crippen LogP contribution < -0.4 is 5.32 Å². The molecule has 0 radical (unpaired) electrons. The molecule has 30 heavy (non-hydrogen) atoms. The van der Waals surface area contributed by atoms with Crippen molar-refractivity contribution in [2.45, 2.75) is 0 Å². The van der Waals surface area contributed by atoms with Crippen molar-refractivity contribution in [1.82, 2.24) is 10.2 Å². The van der Waals surface area contributed by atoms with Gasteiger partial charge in [-0.2, -0.15) is 10.4 Å². The minimum atomic E-state index is -2.07. The first kappa shape index (κ1) is 19.1. The molecule has 0 atom stereocenters. The summed E-state index contributed by atoms with van der Waals surface area (Å²) in [6, 6.07) is 14.3. The van der Waals surface area contributed by atoms with Crippen LogP contribution >= 0.6 is 0 Å². The summed E-state index contributed by atoms with van der Waals surface area (Å²) >= 11 is 0. The topological polar surface area (TPSA) is 81.6 Å². The maximum atomic E-state index is 13.8. The molecule has 4 aromatic rings. The van der Waals surface area contributed by atoms with Crippen molar-refractivity contribution in [1.29, 1.82) is 5.26 Å². The quantitative estimate of drug-likeness (QED) is 0.286. The number of carbonyl (C=O) groups is 1. The van der Waals surface area contributed by atoms with Gasteiger partial charge in [0.1, 0.15) is 0 Å². The maximum absolute atomic E-state index is 13.8. The predicted octanol–water partition coefficient (Wildman–Crippen LogP) is 4.91. The van der Waals surface area contributed by atoms with Gasteiger partial charge in [-0.1, -0.05) is 18.2 Å². The molecule has 2 N–H and O–H groups in total. The third kappa shape index (κ3) is 3.24. The van der Waals surface area contributed by atoms with E-state index in [9.17, 15) is 22.4 Å². The standard InChI is InChI=1S/C21H10F4N4O/c22-15-8-14(17(23)19(25)18(15)24)21(30)27-20-13-6-5-12(7-16(13)28-29-20)11-3-1-10(9-26)2-4-11/h1-8H,(H2,27,28,29,30). The van der Waals surface area contributed by atoms with Crippen LogP contribution in [0.2, 0.25) is 0 Å². The molecule has 0 unspecified atom stereocenters. The van der Waals surface area contributed by atoms with Crippen LogP contribution in [0.5, 0.6) is 0 Å². The molecular formula is C21H10F4N4O. The van der Waals surface area contributed by atoms with Gasteiger partial charge in [0.05, 0.1) is 22.7 Å². The Hall–Kier alpha value is -4.19. The molecule has 5 nitrogen and oxygen atoms in total. The van der Waals surface area contributed by atoms with Gasteiger partial charge in [0, 0.05) is 5.39 Å². The van der Waals surface area contributed by atoms with E-state index in [2.05, 4.69) is 15.5 Å². The number of hydrogen-bond donors (Lipinski definition) is 2. The van der Waals surface area contributed by atoms with Gasteiger partial charge < -0.3 is 5.32 Å². The summed E-state index contributed by atoms with van der Waals surface area (Å²) in [6.45, 7) is 0. The van der Waals surface area contributed by atoms with Crippen LogP contribution in [0, 0.1) is 34.6 Å². The van der Waals surface area contributed by atoms with Crippen molar-refractivity contribution in [3.05, 3.63) is 82.9 Å². The normalized spacial score (nSPS) is 10.8. The summed E-state index contributed by atoms with van der Waals surface area (Å²) in [6.07, 6.45) is 0. The van der Waals surface area contributed by atoms with E-state index in [0.29, 0.717) is 16.5 Å². The SMILES string of the molecule is N#Cc1ccc(-c2ccc3c(NC(=O)c4cc(F)c(F)c(F)c4F)n[nH]c3c2)cc1. The van der Waals surface area contributed by atoms with Gasteiger partial charge in [0.15, 0.2) is 29.1 Å². The van der Waals surface area contributed by atoms with Crippen molar-refractivity contribution >= 4 is 22.6 Å². The van der Waals surface area contributed by atoms with Gasteiger partial charge in [-0.05, 0) is 41.5 Å². The molecule has 0 bridgehead atoms. The Morgan fingerprint density at radius 1 is 0.933 bits per heavy atom. The fourth-order valence-corrected chi connectivity index (χ4v) is 2.94. The third-order valence-corrected chi connectivity index (χ3v) is 4.49. The number of nitrogens with zero attached hydrogens (tertiary/aromatic N) is 2. The Morgan fingerprint density at radius 3 is 2.33 bits per heavy atom. The number of fused-ring (bicyclic) bond motifs is 1. The highest BCUT2D eigenvalue weighted by molar-refractivity contribution is 6.08. The fourth-order valence-electron chi connectivity index (χ4n) is 2.94. The van der Waals surface area contributed by atoms with Gasteiger partial charge >= 0.3 is 0 Å². The minimum Gasteiger partial charge on any atom is -0.304 e. The molecule has 0 spiro atoms. The smallest absolute Gasteiger partial charge is 0.260 e. The summed E-state index contributed by atoms with van der Waals surface area (Å²) in [5, 5.41) is 18.2. The summed E-state index contributed by atoms with van der Waals surface area (Å²) in [5.41, 5.74) is 1.71. The van der Waals surface area contributed by atoms with Gasteiger partial charge in [-0.15, -0.1) is 0 Å². The number of aromatic amines is 1. The molecule has 1 heterocycles. The van der Waals surface area contributed by atoms with Crippen molar-refractivity contribution in [2.75, 3.05) is 5.32 Å².